The van der Waals surface area contributed by atoms with Gasteiger partial charge in [0.1, 0.15) is 5.75 Å². The minimum Gasteiger partial charge on any atom is -0.496 e. The molecular formula is C9H9NOS. The molecule has 0 aromatic heterocycles. The number of isothiocyanates is 1. The monoisotopic (exact) mass is 179 g/mol. The zero-order valence-electron chi connectivity index (χ0n) is 7.00. The predicted octanol–water partition coefficient (Wildman–Crippen LogP) is 2.74. The zero-order valence-corrected chi connectivity index (χ0v) is 7.81. The highest BCUT2D eigenvalue weighted by Crippen LogP contribution is 2.26. The van der Waals surface area contributed by atoms with Crippen LogP contribution in [0.15, 0.2) is 23.2 Å². The van der Waals surface area contributed by atoms with Crippen molar-refractivity contribution in [1.82, 2.24) is 0 Å². The van der Waals surface area contributed by atoms with E-state index in [1.165, 1.54) is 0 Å². The number of hydrogen-bond acceptors (Lipinski definition) is 3. The van der Waals surface area contributed by atoms with E-state index in [2.05, 4.69) is 22.4 Å². The van der Waals surface area contributed by atoms with Crippen molar-refractivity contribution in [2.24, 2.45) is 4.99 Å². The van der Waals surface area contributed by atoms with Gasteiger partial charge in [0.15, 0.2) is 0 Å². The van der Waals surface area contributed by atoms with Crippen molar-refractivity contribution in [3.63, 3.8) is 0 Å². The Labute approximate surface area is 76.9 Å². The molecule has 0 aliphatic carbocycles. The Morgan fingerprint density at radius 1 is 1.50 bits per heavy atom. The largest absolute Gasteiger partial charge is 0.496 e. The Bertz CT molecular complexity index is 329. The second-order valence-electron chi connectivity index (χ2n) is 2.31. The molecular weight excluding hydrogens is 170 g/mol. The fourth-order valence-corrected chi connectivity index (χ4v) is 1.09. The number of methoxy groups -OCH3 is 1. The van der Waals surface area contributed by atoms with Crippen molar-refractivity contribution < 1.29 is 4.74 Å². The summed E-state index contributed by atoms with van der Waals surface area (Å²) in [5.41, 5.74) is 1.79. The van der Waals surface area contributed by atoms with Crippen molar-refractivity contribution >= 4 is 23.1 Å². The van der Waals surface area contributed by atoms with Gasteiger partial charge in [0.2, 0.25) is 0 Å². The fourth-order valence-electron chi connectivity index (χ4n) is 0.994. The third-order valence-electron chi connectivity index (χ3n) is 1.64. The van der Waals surface area contributed by atoms with Gasteiger partial charge in [-0.15, -0.1) is 0 Å². The summed E-state index contributed by atoms with van der Waals surface area (Å²) in [6, 6.07) is 5.63. The molecule has 0 saturated carbocycles. The molecule has 1 aromatic carbocycles. The molecule has 3 heteroatoms. The summed E-state index contributed by atoms with van der Waals surface area (Å²) in [4.78, 5) is 3.90. The highest BCUT2D eigenvalue weighted by Gasteiger charge is 2.00. The van der Waals surface area contributed by atoms with E-state index >= 15 is 0 Å². The van der Waals surface area contributed by atoms with Crippen LogP contribution in [0.1, 0.15) is 5.56 Å². The van der Waals surface area contributed by atoms with Gasteiger partial charge in [-0.25, -0.2) is 0 Å². The number of rotatable bonds is 2. The second-order valence-corrected chi connectivity index (χ2v) is 2.49. The predicted molar refractivity (Wildman–Crippen MR) is 52.4 cm³/mol. The van der Waals surface area contributed by atoms with Crippen LogP contribution in [0.3, 0.4) is 0 Å². The molecule has 2 nitrogen and oxygen atoms in total. The maximum absolute atomic E-state index is 5.11. The second kappa shape index (κ2) is 4.00. The van der Waals surface area contributed by atoms with Crippen LogP contribution in [0.4, 0.5) is 5.69 Å². The van der Waals surface area contributed by atoms with Crippen molar-refractivity contribution in [3.8, 4) is 5.75 Å². The van der Waals surface area contributed by atoms with Crippen LogP contribution in [0.25, 0.3) is 0 Å². The summed E-state index contributed by atoms with van der Waals surface area (Å²) in [6.45, 7) is 1.93. The third kappa shape index (κ3) is 1.70. The highest BCUT2D eigenvalue weighted by molar-refractivity contribution is 7.78. The molecule has 0 aliphatic rings. The molecule has 0 heterocycles. The zero-order chi connectivity index (χ0) is 8.97. The smallest absolute Gasteiger partial charge is 0.123 e. The maximum Gasteiger partial charge on any atom is 0.123 e. The Morgan fingerprint density at radius 2 is 2.25 bits per heavy atom. The molecule has 62 valence electrons. The average molecular weight is 179 g/mol. The van der Waals surface area contributed by atoms with E-state index in [0.717, 1.165) is 17.0 Å². The van der Waals surface area contributed by atoms with Crippen LogP contribution < -0.4 is 4.74 Å². The van der Waals surface area contributed by atoms with E-state index in [4.69, 9.17) is 4.74 Å². The van der Waals surface area contributed by atoms with Crippen LogP contribution in [-0.2, 0) is 0 Å². The number of nitrogens with zero attached hydrogens (tertiary/aromatic N) is 1. The van der Waals surface area contributed by atoms with E-state index in [-0.39, 0.29) is 0 Å². The van der Waals surface area contributed by atoms with Gasteiger partial charge in [0, 0.05) is 5.56 Å². The Hall–Kier alpha value is -1.18. The van der Waals surface area contributed by atoms with Crippen molar-refractivity contribution in [2.45, 2.75) is 6.92 Å². The molecule has 0 atom stereocenters. The first kappa shape index (κ1) is 8.91. The molecule has 0 radical (unpaired) electrons. The lowest BCUT2D eigenvalue weighted by atomic mass is 10.2. The Balaban J connectivity index is 3.22. The van der Waals surface area contributed by atoms with Crippen molar-refractivity contribution in [3.05, 3.63) is 23.8 Å². The lowest BCUT2D eigenvalue weighted by molar-refractivity contribution is 0.412. The van der Waals surface area contributed by atoms with Gasteiger partial charge in [-0.3, -0.25) is 0 Å². The van der Waals surface area contributed by atoms with E-state index in [0.29, 0.717) is 0 Å². The van der Waals surface area contributed by atoms with Gasteiger partial charge in [-0.05, 0) is 31.3 Å². The van der Waals surface area contributed by atoms with Gasteiger partial charge in [0.05, 0.1) is 18.0 Å². The standard InChI is InChI=1S/C9H9NOS/c1-7-8(10-6-12)4-3-5-9(7)11-2/h3-5H,1-2H3. The summed E-state index contributed by atoms with van der Waals surface area (Å²) in [5, 5.41) is 2.33. The summed E-state index contributed by atoms with van der Waals surface area (Å²) in [5.74, 6) is 0.821. The van der Waals surface area contributed by atoms with Gasteiger partial charge in [-0.2, -0.15) is 4.99 Å². The molecule has 0 N–H and O–H groups in total. The molecule has 0 amide bonds. The molecule has 1 rings (SSSR count). The SMILES string of the molecule is COc1cccc(N=C=S)c1C. The first-order chi connectivity index (χ1) is 5.79. The minimum atomic E-state index is 0.810. The first-order valence-electron chi connectivity index (χ1n) is 3.51. The number of benzene rings is 1. The quantitative estimate of drug-likeness (QED) is 0.514. The highest BCUT2D eigenvalue weighted by atomic mass is 32.1. The van der Waals surface area contributed by atoms with Gasteiger partial charge in [-0.1, -0.05) is 6.07 Å². The van der Waals surface area contributed by atoms with Crippen molar-refractivity contribution in [2.75, 3.05) is 7.11 Å². The molecule has 0 fully saturated rings. The number of thiocarbonyl (C=S) groups is 1. The summed E-state index contributed by atoms with van der Waals surface area (Å²) >= 11 is 4.52. The Kier molecular flexibility index (Phi) is 2.97. The molecule has 1 aromatic rings. The van der Waals surface area contributed by atoms with Crippen LogP contribution >= 0.6 is 12.2 Å². The molecule has 0 unspecified atom stereocenters. The summed E-state index contributed by atoms with van der Waals surface area (Å²) in [7, 11) is 1.63. The third-order valence-corrected chi connectivity index (χ3v) is 1.73. The summed E-state index contributed by atoms with van der Waals surface area (Å²) in [6.07, 6.45) is 0. The number of aliphatic imine (C=N–C) groups is 1. The van der Waals surface area contributed by atoms with E-state index in [1.54, 1.807) is 7.11 Å². The minimum absolute atomic E-state index is 0.810. The molecule has 12 heavy (non-hydrogen) atoms. The lowest BCUT2D eigenvalue weighted by Crippen LogP contribution is -1.85. The summed E-state index contributed by atoms with van der Waals surface area (Å²) < 4.78 is 5.11. The first-order valence-corrected chi connectivity index (χ1v) is 3.92. The van der Waals surface area contributed by atoms with E-state index < -0.39 is 0 Å². The van der Waals surface area contributed by atoms with Gasteiger partial charge < -0.3 is 4.74 Å². The Morgan fingerprint density at radius 3 is 2.83 bits per heavy atom. The van der Waals surface area contributed by atoms with Crippen LogP contribution in [0, 0.1) is 6.92 Å². The number of ether oxygens (including phenoxy) is 1. The molecule has 0 spiro atoms. The fraction of sp³-hybridized carbons (Fsp3) is 0.222. The molecule has 0 bridgehead atoms. The lowest BCUT2D eigenvalue weighted by Gasteiger charge is -2.04. The van der Waals surface area contributed by atoms with Crippen LogP contribution in [0.2, 0.25) is 0 Å². The van der Waals surface area contributed by atoms with Crippen LogP contribution in [-0.4, -0.2) is 12.3 Å². The van der Waals surface area contributed by atoms with Gasteiger partial charge in [0.25, 0.3) is 0 Å². The van der Waals surface area contributed by atoms with Crippen molar-refractivity contribution in [1.29, 1.82) is 0 Å². The van der Waals surface area contributed by atoms with Gasteiger partial charge >= 0.3 is 0 Å². The van der Waals surface area contributed by atoms with E-state index in [9.17, 15) is 0 Å². The molecule has 0 aliphatic heterocycles. The normalized spacial score (nSPS) is 8.83. The number of hydrogen-bond donors (Lipinski definition) is 0. The molecule has 0 saturated heterocycles. The van der Waals surface area contributed by atoms with E-state index in [1.807, 2.05) is 25.1 Å². The maximum atomic E-state index is 5.11. The average Bonchev–Trinajstić information content (AvgIpc) is 2.09. The van der Waals surface area contributed by atoms with Crippen LogP contribution in [0.5, 0.6) is 5.75 Å². The topological polar surface area (TPSA) is 21.6 Å².